The van der Waals surface area contributed by atoms with E-state index in [9.17, 15) is 79.8 Å². The highest BCUT2D eigenvalue weighted by molar-refractivity contribution is 5.85. The summed E-state index contributed by atoms with van der Waals surface area (Å²) in [6, 6.07) is 0. The van der Waals surface area contributed by atoms with Gasteiger partial charge in [-0.15, -0.1) is 0 Å². The molecule has 0 heterocycles. The maximum atomic E-state index is 13.4. The van der Waals surface area contributed by atoms with Gasteiger partial charge in [-0.1, -0.05) is 38.5 Å². The minimum absolute atomic E-state index is 0.103. The van der Waals surface area contributed by atoms with Crippen molar-refractivity contribution in [2.24, 2.45) is 0 Å². The van der Waals surface area contributed by atoms with E-state index in [1.807, 2.05) is 0 Å². The van der Waals surface area contributed by atoms with Crippen LogP contribution < -0.4 is 10.6 Å². The number of amides is 2. The molecule has 0 aliphatic rings. The number of unbranched alkanes of at least 4 members (excludes halogenated alkanes) is 7. The van der Waals surface area contributed by atoms with Gasteiger partial charge in [-0.2, -0.15) is 52.7 Å². The van der Waals surface area contributed by atoms with Crippen LogP contribution in [0, 0.1) is 0 Å². The molecule has 20 heteroatoms. The molecular formula is C20H24F16N2O2. The van der Waals surface area contributed by atoms with E-state index in [4.69, 9.17) is 0 Å². The third-order valence-corrected chi connectivity index (χ3v) is 5.42. The van der Waals surface area contributed by atoms with Gasteiger partial charge < -0.3 is 10.6 Å². The van der Waals surface area contributed by atoms with E-state index < -0.39 is 73.3 Å². The first kappa shape index (κ1) is 37.8. The molecule has 0 aromatic heterocycles. The first-order chi connectivity index (χ1) is 17.9. The molecular weight excluding hydrogens is 604 g/mol. The fourth-order valence-corrected chi connectivity index (χ4v) is 2.91. The van der Waals surface area contributed by atoms with Crippen molar-refractivity contribution in [3.63, 3.8) is 0 Å². The van der Waals surface area contributed by atoms with E-state index in [0.29, 0.717) is 25.7 Å². The predicted molar refractivity (Wildman–Crippen MR) is 105 cm³/mol. The smallest absolute Gasteiger partial charge is 0.351 e. The molecule has 0 atom stereocenters. The van der Waals surface area contributed by atoms with E-state index in [1.54, 1.807) is 0 Å². The quantitative estimate of drug-likeness (QED) is 0.124. The van der Waals surface area contributed by atoms with Gasteiger partial charge in [0.15, 0.2) is 0 Å². The normalized spacial score (nSPS) is 14.2. The minimum Gasteiger partial charge on any atom is -0.351 e. The van der Waals surface area contributed by atoms with Crippen LogP contribution in [0.4, 0.5) is 70.2 Å². The van der Waals surface area contributed by atoms with Crippen LogP contribution in [0.1, 0.15) is 51.4 Å². The molecule has 0 radical (unpaired) electrons. The largest absolute Gasteiger partial charge is 0.392 e. The minimum atomic E-state index is -6.67. The van der Waals surface area contributed by atoms with E-state index >= 15 is 0 Å². The van der Waals surface area contributed by atoms with E-state index in [-0.39, 0.29) is 25.7 Å². The second-order valence-electron chi connectivity index (χ2n) is 8.49. The highest BCUT2D eigenvalue weighted by atomic mass is 19.4. The molecule has 0 aromatic rings. The standard InChI is InChI=1S/C20H24F16N2O2/c21-11(22)15(25,26)19(33,34)17(29,30)13(39)37-9-7-5-3-1-2-4-6-8-10-38-14(40)18(31,32)20(35,36)16(27,28)12(23)24/h11-12H,1-10H2,(H,37,39)(H,38,40). The molecule has 0 aliphatic carbocycles. The molecule has 0 unspecified atom stereocenters. The zero-order chi connectivity index (χ0) is 31.8. The van der Waals surface area contributed by atoms with Crippen molar-refractivity contribution in [3.05, 3.63) is 0 Å². The van der Waals surface area contributed by atoms with Gasteiger partial charge in [-0.3, -0.25) is 9.59 Å². The number of carbonyl (C=O) groups is 2. The van der Waals surface area contributed by atoms with Gasteiger partial charge in [0.1, 0.15) is 0 Å². The Labute approximate surface area is 216 Å². The molecule has 40 heavy (non-hydrogen) atoms. The van der Waals surface area contributed by atoms with Crippen LogP contribution in [0.25, 0.3) is 0 Å². The van der Waals surface area contributed by atoms with Crippen LogP contribution in [0.5, 0.6) is 0 Å². The lowest BCUT2D eigenvalue weighted by Crippen LogP contribution is -2.63. The van der Waals surface area contributed by atoms with Gasteiger partial charge >= 0.3 is 48.4 Å². The van der Waals surface area contributed by atoms with E-state index in [1.165, 1.54) is 10.6 Å². The molecule has 0 fully saturated rings. The predicted octanol–water partition coefficient (Wildman–Crippen LogP) is 6.68. The number of nitrogens with one attached hydrogen (secondary N) is 2. The Kier molecular flexibility index (Phi) is 13.4. The molecule has 0 bridgehead atoms. The van der Waals surface area contributed by atoms with Crippen molar-refractivity contribution in [2.45, 2.75) is 99.8 Å². The molecule has 238 valence electrons. The zero-order valence-corrected chi connectivity index (χ0v) is 20.1. The summed E-state index contributed by atoms with van der Waals surface area (Å²) in [6.45, 7) is -1.37. The Morgan fingerprint density at radius 2 is 0.675 bits per heavy atom. The Hall–Kier alpha value is -2.18. The van der Waals surface area contributed by atoms with Crippen LogP contribution in [0.2, 0.25) is 0 Å². The average Bonchev–Trinajstić information content (AvgIpc) is 2.83. The van der Waals surface area contributed by atoms with Crippen LogP contribution in [0.3, 0.4) is 0 Å². The number of halogens is 16. The topological polar surface area (TPSA) is 58.2 Å². The monoisotopic (exact) mass is 628 g/mol. The van der Waals surface area contributed by atoms with Crippen molar-refractivity contribution in [2.75, 3.05) is 13.1 Å². The van der Waals surface area contributed by atoms with Crippen molar-refractivity contribution in [3.8, 4) is 0 Å². The number of rotatable bonds is 19. The lowest BCUT2D eigenvalue weighted by atomic mass is 10.0. The molecule has 0 spiro atoms. The Morgan fingerprint density at radius 3 is 0.900 bits per heavy atom. The van der Waals surface area contributed by atoms with Gasteiger partial charge in [0.2, 0.25) is 0 Å². The summed E-state index contributed by atoms with van der Waals surface area (Å²) in [6.07, 6.45) is -8.62. The van der Waals surface area contributed by atoms with Crippen LogP contribution in [0.15, 0.2) is 0 Å². The number of carbonyl (C=O) groups excluding carboxylic acids is 2. The molecule has 2 N–H and O–H groups in total. The van der Waals surface area contributed by atoms with Crippen molar-refractivity contribution in [1.82, 2.24) is 10.6 Å². The van der Waals surface area contributed by atoms with Crippen molar-refractivity contribution >= 4 is 11.8 Å². The van der Waals surface area contributed by atoms with Crippen molar-refractivity contribution < 1.29 is 79.8 Å². The zero-order valence-electron chi connectivity index (χ0n) is 20.1. The maximum Gasteiger partial charge on any atom is 0.392 e. The number of alkyl halides is 16. The lowest BCUT2D eigenvalue weighted by Gasteiger charge is -2.31. The molecule has 2 amide bonds. The van der Waals surface area contributed by atoms with Crippen LogP contribution in [-0.2, 0) is 9.59 Å². The van der Waals surface area contributed by atoms with Crippen LogP contribution in [-0.4, -0.2) is 73.3 Å². The molecule has 4 nitrogen and oxygen atoms in total. The Bertz CT molecular complexity index is 754. The first-order valence-electron chi connectivity index (χ1n) is 11.3. The molecule has 0 rings (SSSR count). The molecule has 0 saturated heterocycles. The SMILES string of the molecule is O=C(NCCCCCCCCCCNC(=O)C(F)(F)C(F)(F)C(F)(F)C(F)F)C(F)(F)C(F)(F)C(F)(F)C(F)F. The molecule has 0 aliphatic heterocycles. The number of hydrogen-bond acceptors (Lipinski definition) is 2. The maximum absolute atomic E-state index is 13.4. The second-order valence-corrected chi connectivity index (χ2v) is 8.49. The second kappa shape index (κ2) is 14.1. The van der Waals surface area contributed by atoms with Crippen molar-refractivity contribution in [1.29, 1.82) is 0 Å². The Morgan fingerprint density at radius 1 is 0.450 bits per heavy atom. The van der Waals surface area contributed by atoms with E-state index in [0.717, 1.165) is 0 Å². The third kappa shape index (κ3) is 8.19. The summed E-state index contributed by atoms with van der Waals surface area (Å²) in [5.41, 5.74) is 0. The van der Waals surface area contributed by atoms with Gasteiger partial charge in [0, 0.05) is 13.1 Å². The summed E-state index contributed by atoms with van der Waals surface area (Å²) < 4.78 is 205. The first-order valence-corrected chi connectivity index (χ1v) is 11.3. The molecule has 0 aromatic carbocycles. The van der Waals surface area contributed by atoms with Gasteiger partial charge in [0.05, 0.1) is 0 Å². The summed E-state index contributed by atoms with van der Waals surface area (Å²) in [5, 5.41) is 2.49. The van der Waals surface area contributed by atoms with E-state index in [2.05, 4.69) is 0 Å². The summed E-state index contributed by atoms with van der Waals surface area (Å²) >= 11 is 0. The lowest BCUT2D eigenvalue weighted by molar-refractivity contribution is -0.327. The number of hydrogen-bond donors (Lipinski definition) is 2. The highest BCUT2D eigenvalue weighted by Gasteiger charge is 2.79. The highest BCUT2D eigenvalue weighted by Crippen LogP contribution is 2.49. The summed E-state index contributed by atoms with van der Waals surface area (Å²) in [7, 11) is 0. The fraction of sp³-hybridized carbons (Fsp3) is 0.900. The summed E-state index contributed by atoms with van der Waals surface area (Å²) in [5.74, 6) is -44.3. The third-order valence-electron chi connectivity index (χ3n) is 5.42. The van der Waals surface area contributed by atoms with Gasteiger partial charge in [-0.25, -0.2) is 17.6 Å². The fourth-order valence-electron chi connectivity index (χ4n) is 2.91. The summed E-state index contributed by atoms with van der Waals surface area (Å²) in [4.78, 5) is 22.3. The van der Waals surface area contributed by atoms with Crippen LogP contribution >= 0.6 is 0 Å². The average molecular weight is 628 g/mol. The molecule has 0 saturated carbocycles. The van der Waals surface area contributed by atoms with Gasteiger partial charge in [0.25, 0.3) is 11.8 Å². The Balaban J connectivity index is 4.22. The van der Waals surface area contributed by atoms with Gasteiger partial charge in [-0.05, 0) is 12.8 Å².